The van der Waals surface area contributed by atoms with Crippen LogP contribution in [0.1, 0.15) is 94.1 Å². The highest BCUT2D eigenvalue weighted by atomic mass is 16.5. The molecule has 0 aliphatic heterocycles. The molecule has 1 aromatic rings. The average Bonchev–Trinajstić information content (AvgIpc) is 2.78. The lowest BCUT2D eigenvalue weighted by Crippen LogP contribution is -2.25. The summed E-state index contributed by atoms with van der Waals surface area (Å²) in [5.41, 5.74) is 2.85. The van der Waals surface area contributed by atoms with E-state index in [1.54, 1.807) is 5.56 Å². The van der Waals surface area contributed by atoms with Gasteiger partial charge in [-0.1, -0.05) is 49.3 Å². The number of rotatable bonds is 11. The van der Waals surface area contributed by atoms with Crippen LogP contribution in [0.25, 0.3) is 0 Å². The molecule has 1 aromatic carbocycles. The average molecular weight is 395 g/mol. The monoisotopic (exact) mass is 394 g/mol. The van der Waals surface area contributed by atoms with E-state index >= 15 is 0 Å². The molecule has 0 heterocycles. The normalized spacial score (nSPS) is 27.4. The van der Waals surface area contributed by atoms with Gasteiger partial charge in [-0.15, -0.1) is 13.2 Å². The topological polar surface area (TPSA) is 9.23 Å². The van der Waals surface area contributed by atoms with Crippen molar-refractivity contribution in [1.29, 1.82) is 0 Å². The maximum atomic E-state index is 5.76. The highest BCUT2D eigenvalue weighted by Gasteiger charge is 2.31. The minimum Gasteiger partial charge on any atom is -0.377 e. The summed E-state index contributed by atoms with van der Waals surface area (Å²) in [6.07, 6.45) is 20.3. The molecule has 0 unspecified atom stereocenters. The zero-order valence-electron chi connectivity index (χ0n) is 18.5. The van der Waals surface area contributed by atoms with Gasteiger partial charge in [-0.05, 0) is 99.0 Å². The predicted molar refractivity (Wildman–Crippen MR) is 125 cm³/mol. The Labute approximate surface area is 179 Å². The van der Waals surface area contributed by atoms with Crippen LogP contribution in [-0.2, 0) is 11.3 Å². The third-order valence-corrected chi connectivity index (χ3v) is 7.53. The van der Waals surface area contributed by atoms with Gasteiger partial charge in [0.1, 0.15) is 0 Å². The van der Waals surface area contributed by atoms with E-state index in [9.17, 15) is 0 Å². The molecule has 2 aliphatic carbocycles. The molecule has 0 aromatic heterocycles. The van der Waals surface area contributed by atoms with Crippen LogP contribution in [0.2, 0.25) is 0 Å². The molecule has 2 saturated carbocycles. The molecule has 3 rings (SSSR count). The van der Waals surface area contributed by atoms with Crippen molar-refractivity contribution < 1.29 is 4.74 Å². The summed E-state index contributed by atoms with van der Waals surface area (Å²) in [7, 11) is 0. The van der Waals surface area contributed by atoms with Gasteiger partial charge >= 0.3 is 0 Å². The number of allylic oxidation sites excluding steroid dienone is 2. The lowest BCUT2D eigenvalue weighted by atomic mass is 9.68. The molecule has 1 nitrogen and oxygen atoms in total. The first-order chi connectivity index (χ1) is 14.3. The first-order valence-corrected chi connectivity index (χ1v) is 12.2. The Morgan fingerprint density at radius 2 is 1.41 bits per heavy atom. The smallest absolute Gasteiger partial charge is 0.0716 e. The third-order valence-electron chi connectivity index (χ3n) is 7.53. The second-order valence-corrected chi connectivity index (χ2v) is 9.48. The number of hydrogen-bond donors (Lipinski definition) is 0. The molecule has 0 radical (unpaired) electrons. The van der Waals surface area contributed by atoms with Crippen LogP contribution in [0.15, 0.2) is 49.6 Å². The maximum absolute atomic E-state index is 5.76. The summed E-state index contributed by atoms with van der Waals surface area (Å²) in [5, 5.41) is 0. The first-order valence-electron chi connectivity index (χ1n) is 12.2. The zero-order chi connectivity index (χ0) is 20.3. The molecular weight excluding hydrogens is 352 g/mol. The second-order valence-electron chi connectivity index (χ2n) is 9.48. The third kappa shape index (κ3) is 7.14. The summed E-state index contributed by atoms with van der Waals surface area (Å²) in [6.45, 7) is 9.20. The van der Waals surface area contributed by atoms with Crippen LogP contribution >= 0.6 is 0 Å². The van der Waals surface area contributed by atoms with Crippen molar-refractivity contribution in [2.75, 3.05) is 6.61 Å². The van der Waals surface area contributed by atoms with Crippen LogP contribution < -0.4 is 0 Å². The van der Waals surface area contributed by atoms with Crippen LogP contribution in [0.3, 0.4) is 0 Å². The molecule has 0 N–H and O–H groups in total. The van der Waals surface area contributed by atoms with Gasteiger partial charge in [-0.25, -0.2) is 0 Å². The molecule has 0 bridgehead atoms. The Kier molecular flexibility index (Phi) is 9.54. The second kappa shape index (κ2) is 12.4. The molecule has 160 valence electrons. The van der Waals surface area contributed by atoms with E-state index in [2.05, 4.69) is 43.5 Å². The maximum Gasteiger partial charge on any atom is 0.0716 e. The quantitative estimate of drug-likeness (QED) is 0.271. The van der Waals surface area contributed by atoms with Crippen molar-refractivity contribution in [1.82, 2.24) is 0 Å². The zero-order valence-corrected chi connectivity index (χ0v) is 18.5. The van der Waals surface area contributed by atoms with Gasteiger partial charge in [0.2, 0.25) is 0 Å². The summed E-state index contributed by atoms with van der Waals surface area (Å²) < 4.78 is 5.76. The molecule has 0 saturated heterocycles. The Bertz CT molecular complexity index is 585. The van der Waals surface area contributed by atoms with Crippen molar-refractivity contribution in [3.8, 4) is 0 Å². The fourth-order valence-electron chi connectivity index (χ4n) is 5.63. The van der Waals surface area contributed by atoms with Crippen LogP contribution in [0.4, 0.5) is 0 Å². The van der Waals surface area contributed by atoms with Crippen molar-refractivity contribution in [2.24, 2.45) is 17.8 Å². The highest BCUT2D eigenvalue weighted by Crippen LogP contribution is 2.44. The minimum absolute atomic E-state index is 0.736. The molecule has 0 spiro atoms. The van der Waals surface area contributed by atoms with Crippen LogP contribution in [0.5, 0.6) is 0 Å². The summed E-state index contributed by atoms with van der Waals surface area (Å²) in [4.78, 5) is 0. The Balaban J connectivity index is 1.37. The Hall–Kier alpha value is -1.34. The number of hydrogen-bond acceptors (Lipinski definition) is 1. The lowest BCUT2D eigenvalue weighted by molar-refractivity contribution is 0.119. The number of benzene rings is 1. The van der Waals surface area contributed by atoms with Crippen molar-refractivity contribution >= 4 is 0 Å². The molecule has 2 aliphatic rings. The Morgan fingerprint density at radius 3 is 2.03 bits per heavy atom. The van der Waals surface area contributed by atoms with E-state index in [-0.39, 0.29) is 0 Å². The van der Waals surface area contributed by atoms with E-state index in [0.717, 1.165) is 49.7 Å². The first kappa shape index (κ1) is 22.3. The molecule has 2 fully saturated rings. The molecular formula is C28H42O. The summed E-state index contributed by atoms with van der Waals surface area (Å²) in [5.74, 6) is 3.76. The van der Waals surface area contributed by atoms with Gasteiger partial charge in [0.05, 0.1) is 6.61 Å². The van der Waals surface area contributed by atoms with E-state index in [4.69, 9.17) is 4.74 Å². The van der Waals surface area contributed by atoms with Crippen LogP contribution in [-0.4, -0.2) is 6.61 Å². The number of unbranched alkanes of at least 4 members (excludes halogenated alkanes) is 1. The van der Waals surface area contributed by atoms with Crippen LogP contribution in [0, 0.1) is 17.8 Å². The predicted octanol–water partition coefficient (Wildman–Crippen LogP) is 8.22. The standard InChI is InChI=1S/C28H42O/c1-3-5-7-21-29-22-24-11-15-26(16-12-24)28-19-17-27(18-20-28)25-13-9-23(10-14-25)8-6-4-2/h3-4,11-12,15-16,23,25,27-28H,1-2,5-10,13-14,17-22H2. The molecule has 29 heavy (non-hydrogen) atoms. The van der Waals surface area contributed by atoms with Gasteiger partial charge in [0.15, 0.2) is 0 Å². The molecule has 1 heteroatoms. The van der Waals surface area contributed by atoms with Gasteiger partial charge in [-0.2, -0.15) is 0 Å². The summed E-state index contributed by atoms with van der Waals surface area (Å²) in [6, 6.07) is 9.27. The fraction of sp³-hybridized carbons (Fsp3) is 0.643. The molecule has 0 atom stereocenters. The van der Waals surface area contributed by atoms with Crippen molar-refractivity contribution in [3.63, 3.8) is 0 Å². The van der Waals surface area contributed by atoms with E-state index in [0.29, 0.717) is 0 Å². The fourth-order valence-corrected chi connectivity index (χ4v) is 5.63. The Morgan fingerprint density at radius 1 is 0.793 bits per heavy atom. The largest absolute Gasteiger partial charge is 0.377 e. The summed E-state index contributed by atoms with van der Waals surface area (Å²) >= 11 is 0. The van der Waals surface area contributed by atoms with E-state index < -0.39 is 0 Å². The SMILES string of the molecule is C=CCCCOCc1ccc(C2CCC(C3CCC(CCC=C)CC3)CC2)cc1. The van der Waals surface area contributed by atoms with Gasteiger partial charge < -0.3 is 4.74 Å². The van der Waals surface area contributed by atoms with Crippen molar-refractivity contribution in [2.45, 2.75) is 89.6 Å². The van der Waals surface area contributed by atoms with E-state index in [1.165, 1.54) is 69.8 Å². The van der Waals surface area contributed by atoms with E-state index in [1.807, 2.05) is 6.08 Å². The molecule has 0 amide bonds. The highest BCUT2D eigenvalue weighted by molar-refractivity contribution is 5.25. The van der Waals surface area contributed by atoms with Gasteiger partial charge in [0.25, 0.3) is 0 Å². The number of ether oxygens (including phenoxy) is 1. The van der Waals surface area contributed by atoms with Crippen molar-refractivity contribution in [3.05, 3.63) is 60.7 Å². The lowest BCUT2D eigenvalue weighted by Gasteiger charge is -2.38. The minimum atomic E-state index is 0.736. The van der Waals surface area contributed by atoms with Gasteiger partial charge in [0, 0.05) is 6.61 Å². The van der Waals surface area contributed by atoms with Gasteiger partial charge in [-0.3, -0.25) is 0 Å².